The standard InChI is InChI=1S/C38H20F6N4.C38H18F6N4.C4H4BrNO2/c2*1-19-9-20(2)11-23(10-19)21-5-7-27-29(14-21)33(31(17-45)47-3)36-28-8-6-22(15-30(28)34(35(27)36)32(18-46)48-4)24-12-25(37(39,40)41)16-26(13-24)38(42,43)44;5-6-3(7)1-2-4(6)8/h5-16,35-36H,1-2H3;5-16H,1-2H3;1-2H2/b2*33-31+,34-32-;. The molecule has 104 heavy (non-hydrogen) atoms. The molecule has 11 nitrogen and oxygen atoms in total. The van der Waals surface area contributed by atoms with E-state index in [0.29, 0.717) is 87.2 Å². The first-order valence-electron chi connectivity index (χ1n) is 30.8. The number of benzene rings is 8. The van der Waals surface area contributed by atoms with E-state index >= 15 is 0 Å². The van der Waals surface area contributed by atoms with Crippen LogP contribution in [0.4, 0.5) is 52.7 Å². The number of imide groups is 1. The van der Waals surface area contributed by atoms with Crippen molar-refractivity contribution in [1.82, 2.24) is 3.93 Å². The maximum atomic E-state index is 13.7. The molecule has 2 unspecified atom stereocenters. The highest BCUT2D eigenvalue weighted by molar-refractivity contribution is 9.08. The molecule has 0 aromatic heterocycles. The van der Waals surface area contributed by atoms with Crippen molar-refractivity contribution in [2.24, 2.45) is 0 Å². The summed E-state index contributed by atoms with van der Waals surface area (Å²) in [5.41, 5.74) is 5.06. The van der Waals surface area contributed by atoms with Gasteiger partial charge in [0.1, 0.15) is 0 Å². The molecule has 510 valence electrons. The average Bonchev–Trinajstić information content (AvgIpc) is 1.55. The summed E-state index contributed by atoms with van der Waals surface area (Å²) in [7, 11) is 0. The lowest BCUT2D eigenvalue weighted by Gasteiger charge is -2.17. The molecule has 1 saturated heterocycles. The zero-order valence-corrected chi connectivity index (χ0v) is 55.8. The number of nitriles is 4. The lowest BCUT2D eigenvalue weighted by molar-refractivity contribution is -0.144. The summed E-state index contributed by atoms with van der Waals surface area (Å²) >= 11 is 2.80. The third kappa shape index (κ3) is 13.3. The lowest BCUT2D eigenvalue weighted by atomic mass is 9.87. The maximum Gasteiger partial charge on any atom is 0.416 e. The molecule has 1 aliphatic heterocycles. The Bertz CT molecular complexity index is 5360. The molecule has 0 bridgehead atoms. The predicted octanol–water partition coefficient (Wildman–Crippen LogP) is 22.2. The molecule has 1 fully saturated rings. The van der Waals surface area contributed by atoms with E-state index in [2.05, 4.69) is 35.5 Å². The summed E-state index contributed by atoms with van der Waals surface area (Å²) in [6.45, 7) is 39.0. The number of carbonyl (C=O) groups is 2. The second-order valence-corrected chi connectivity index (χ2v) is 25.3. The quantitative estimate of drug-likeness (QED) is 0.0563. The van der Waals surface area contributed by atoms with Gasteiger partial charge in [0.15, 0.2) is 0 Å². The molecule has 4 aliphatic carbocycles. The van der Waals surface area contributed by atoms with Crippen LogP contribution in [0, 0.1) is 99.3 Å². The van der Waals surface area contributed by atoms with Crippen LogP contribution in [0.3, 0.4) is 0 Å². The fourth-order valence-corrected chi connectivity index (χ4v) is 14.2. The van der Waals surface area contributed by atoms with E-state index < -0.39 is 58.8 Å². The monoisotopic (exact) mass is 1470 g/mol. The minimum Gasteiger partial charge on any atom is -0.274 e. The molecule has 1 heterocycles. The van der Waals surface area contributed by atoms with E-state index in [4.69, 9.17) is 26.3 Å². The Balaban J connectivity index is 0.000000188. The molecule has 0 radical (unpaired) electrons. The number of hydrogen-bond acceptors (Lipinski definition) is 6. The van der Waals surface area contributed by atoms with E-state index in [1.807, 2.05) is 119 Å². The van der Waals surface area contributed by atoms with E-state index in [1.54, 1.807) is 6.07 Å². The maximum absolute atomic E-state index is 13.7. The highest BCUT2D eigenvalue weighted by atomic mass is 79.9. The van der Waals surface area contributed by atoms with Gasteiger partial charge in [-0.05, 0) is 200 Å². The van der Waals surface area contributed by atoms with E-state index in [-0.39, 0.29) is 96.8 Å². The number of allylic oxidation sites excluding steroid dienone is 10. The van der Waals surface area contributed by atoms with Crippen molar-refractivity contribution >= 4 is 61.4 Å². The number of amides is 2. The van der Waals surface area contributed by atoms with Crippen molar-refractivity contribution in [1.29, 1.82) is 21.0 Å². The third-order valence-corrected chi connectivity index (χ3v) is 18.8. The zero-order valence-electron chi connectivity index (χ0n) is 54.2. The Morgan fingerprint density at radius 3 is 0.894 bits per heavy atom. The first-order chi connectivity index (χ1) is 49.1. The molecule has 0 saturated carbocycles. The minimum absolute atomic E-state index is 0.00620. The number of fused-ring (bicyclic) bond motifs is 9. The number of rotatable bonds is 4. The van der Waals surface area contributed by atoms with Crippen molar-refractivity contribution in [2.75, 3.05) is 0 Å². The van der Waals surface area contributed by atoms with Crippen LogP contribution in [-0.2, 0) is 34.3 Å². The molecule has 13 rings (SSSR count). The van der Waals surface area contributed by atoms with Crippen LogP contribution in [0.1, 0.15) is 114 Å². The molecule has 0 N–H and O–H groups in total. The summed E-state index contributed by atoms with van der Waals surface area (Å²) < 4.78 is 165. The zero-order chi connectivity index (χ0) is 75.6. The van der Waals surface area contributed by atoms with E-state index in [9.17, 15) is 83.3 Å². The molecule has 8 aromatic rings. The molecule has 2 amide bonds. The topological polar surface area (TPSA) is 150 Å². The van der Waals surface area contributed by atoms with E-state index in [0.717, 1.165) is 48.4 Å². The van der Waals surface area contributed by atoms with Gasteiger partial charge in [-0.15, -0.1) is 0 Å². The Morgan fingerprint density at radius 2 is 0.644 bits per heavy atom. The Hall–Kier alpha value is -12.8. The molecule has 8 aromatic carbocycles. The van der Waals surface area contributed by atoms with Crippen molar-refractivity contribution in [3.63, 3.8) is 0 Å². The van der Waals surface area contributed by atoms with Crippen molar-refractivity contribution in [3.05, 3.63) is 303 Å². The number of carbonyl (C=O) groups excluding carboxylic acids is 2. The smallest absolute Gasteiger partial charge is 0.274 e. The van der Waals surface area contributed by atoms with Crippen molar-refractivity contribution < 1.29 is 62.3 Å². The number of nitrogens with zero attached hydrogens (tertiary/aromatic N) is 9. The first-order valence-corrected chi connectivity index (χ1v) is 31.5. The van der Waals surface area contributed by atoms with Crippen LogP contribution in [-0.4, -0.2) is 15.7 Å². The van der Waals surface area contributed by atoms with Crippen LogP contribution in [0.25, 0.3) is 97.3 Å². The van der Waals surface area contributed by atoms with Gasteiger partial charge in [0.05, 0.1) is 89.0 Å². The van der Waals surface area contributed by atoms with E-state index in [1.165, 1.54) is 36.4 Å². The normalized spacial score (nSPS) is 17.2. The number of hydrogen-bond donors (Lipinski definition) is 0. The summed E-state index contributed by atoms with van der Waals surface area (Å²) in [6, 6.07) is 41.7. The predicted molar refractivity (Wildman–Crippen MR) is 365 cm³/mol. The largest absolute Gasteiger partial charge is 0.416 e. The molecular formula is C80H42BrF12N9O2. The third-order valence-electron chi connectivity index (χ3n) is 18.0. The first kappa shape index (κ1) is 72.4. The van der Waals surface area contributed by atoms with Gasteiger partial charge >= 0.3 is 24.7 Å². The molecular weight excluding hydrogens is 1430 g/mol. The van der Waals surface area contributed by atoms with Gasteiger partial charge in [-0.3, -0.25) is 9.59 Å². The van der Waals surface area contributed by atoms with Crippen LogP contribution in [0.15, 0.2) is 168 Å². The second kappa shape index (κ2) is 27.3. The van der Waals surface area contributed by atoms with Crippen LogP contribution in [0.2, 0.25) is 0 Å². The van der Waals surface area contributed by atoms with Crippen LogP contribution < -0.4 is 0 Å². The molecule has 2 atom stereocenters. The Labute approximate surface area is 594 Å². The van der Waals surface area contributed by atoms with Crippen molar-refractivity contribution in [3.8, 4) is 68.8 Å². The molecule has 5 aliphatic rings. The highest BCUT2D eigenvalue weighted by Crippen LogP contribution is 2.65. The fraction of sp³-hybridized carbons (Fsp3) is 0.150. The Morgan fingerprint density at radius 1 is 0.375 bits per heavy atom. The number of halogens is 13. The van der Waals surface area contributed by atoms with Crippen LogP contribution in [0.5, 0.6) is 0 Å². The Kier molecular flexibility index (Phi) is 19.0. The van der Waals surface area contributed by atoms with Gasteiger partial charge in [-0.25, -0.2) is 44.4 Å². The van der Waals surface area contributed by atoms with Crippen LogP contribution >= 0.6 is 16.1 Å². The summed E-state index contributed by atoms with van der Waals surface area (Å²) in [6.07, 6.45) is -19.5. The van der Waals surface area contributed by atoms with Gasteiger partial charge in [0, 0.05) is 35.8 Å². The summed E-state index contributed by atoms with van der Waals surface area (Å²) in [5.74, 6) is -1.71. The van der Waals surface area contributed by atoms with Gasteiger partial charge in [-0.2, -0.15) is 52.7 Å². The summed E-state index contributed by atoms with van der Waals surface area (Å²) in [4.78, 5) is 34.7. The minimum atomic E-state index is -5.06. The lowest BCUT2D eigenvalue weighted by Crippen LogP contribution is -2.16. The second-order valence-electron chi connectivity index (χ2n) is 24.6. The molecule has 24 heteroatoms. The number of alkyl halides is 12. The fourth-order valence-electron chi connectivity index (χ4n) is 13.9. The van der Waals surface area contributed by atoms with Gasteiger partial charge in [-0.1, -0.05) is 107 Å². The number of aryl methyl sites for hydroxylation is 4. The summed E-state index contributed by atoms with van der Waals surface area (Å²) in [5, 5.41) is 40.2. The van der Waals surface area contributed by atoms with Gasteiger partial charge in [0.25, 0.3) is 22.8 Å². The SMILES string of the molecule is O=C1CCC(=O)N1Br.[C-]#[N+]/C(C#N)=C1C2=C(/C(=C(\C#N)[N+]#[C-])c3cc(-c4cc(C)cc(C)c4)ccc32)c2ccc(-c3cc(C(F)(F)F)cc(C(F)(F)F)c3)cc2\1.[C-]#[N+]/C(C#N)=C1\c2cc(-c3cc(C)cc(C)c3)ccc2C2/C(=C(/C#N)[N+]#[C-])c3cc(-c4cc(C(F)(F)F)cc(C(F)(F)F)c4)ccc3C12. The van der Waals surface area contributed by atoms with Gasteiger partial charge < -0.3 is 0 Å². The van der Waals surface area contributed by atoms with Gasteiger partial charge in [0.2, 0.25) is 11.8 Å². The van der Waals surface area contributed by atoms with Crippen molar-refractivity contribution in [2.45, 2.75) is 77.1 Å². The highest BCUT2D eigenvalue weighted by Gasteiger charge is 2.49. The molecule has 0 spiro atoms. The average molecular weight is 1470 g/mol.